The SMILES string of the molecule is COCCN(C)CCNC(=O)CC1CC2CCC(C1)N2.Cl.Cl. The van der Waals surface area contributed by atoms with Gasteiger partial charge in [0.05, 0.1) is 6.61 Å². The second-order valence-corrected chi connectivity index (χ2v) is 6.33. The number of fused-ring (bicyclic) bond motifs is 2. The van der Waals surface area contributed by atoms with Gasteiger partial charge in [-0.25, -0.2) is 0 Å². The largest absolute Gasteiger partial charge is 0.383 e. The fourth-order valence-corrected chi connectivity index (χ4v) is 3.42. The number of hydrogen-bond donors (Lipinski definition) is 2. The van der Waals surface area contributed by atoms with E-state index in [9.17, 15) is 4.79 Å². The van der Waals surface area contributed by atoms with Crippen LogP contribution in [0, 0.1) is 5.92 Å². The van der Waals surface area contributed by atoms with Crippen LogP contribution in [0.5, 0.6) is 0 Å². The molecule has 0 spiro atoms. The van der Waals surface area contributed by atoms with Crippen LogP contribution in [-0.2, 0) is 9.53 Å². The molecule has 0 saturated carbocycles. The van der Waals surface area contributed by atoms with Crippen LogP contribution in [-0.4, -0.2) is 63.3 Å². The Bertz CT molecular complexity index is 309. The van der Waals surface area contributed by atoms with Crippen molar-refractivity contribution >= 4 is 30.7 Å². The van der Waals surface area contributed by atoms with Gasteiger partial charge in [0.25, 0.3) is 0 Å². The molecule has 2 fully saturated rings. The van der Waals surface area contributed by atoms with Crippen LogP contribution in [0.2, 0.25) is 0 Å². The molecule has 2 unspecified atom stereocenters. The standard InChI is InChI=1S/C15H29N3O2.2ClH/c1-18(7-8-20-2)6-5-16-15(19)11-12-9-13-3-4-14(10-12)17-13;;/h12-14,17H,3-11H2,1-2H3,(H,16,19);2*1H. The lowest BCUT2D eigenvalue weighted by atomic mass is 9.89. The van der Waals surface area contributed by atoms with Crippen molar-refractivity contribution in [3.63, 3.8) is 0 Å². The highest BCUT2D eigenvalue weighted by molar-refractivity contribution is 5.85. The Morgan fingerprint density at radius 2 is 1.86 bits per heavy atom. The zero-order chi connectivity index (χ0) is 14.4. The van der Waals surface area contributed by atoms with E-state index in [2.05, 4.69) is 22.6 Å². The first kappa shape index (κ1) is 21.9. The van der Waals surface area contributed by atoms with Crippen molar-refractivity contribution in [2.24, 2.45) is 5.92 Å². The summed E-state index contributed by atoms with van der Waals surface area (Å²) in [4.78, 5) is 14.1. The van der Waals surface area contributed by atoms with Crippen LogP contribution >= 0.6 is 24.8 Å². The summed E-state index contributed by atoms with van der Waals surface area (Å²) in [6.07, 6.45) is 5.66. The second kappa shape index (κ2) is 11.5. The number of nitrogens with zero attached hydrogens (tertiary/aromatic N) is 1. The van der Waals surface area contributed by atoms with E-state index in [1.54, 1.807) is 7.11 Å². The quantitative estimate of drug-likeness (QED) is 0.691. The van der Waals surface area contributed by atoms with Crippen LogP contribution in [0.4, 0.5) is 0 Å². The number of nitrogens with one attached hydrogen (secondary N) is 2. The number of likely N-dealkylation sites (N-methyl/N-ethyl adjacent to an activating group) is 1. The third-order valence-corrected chi connectivity index (χ3v) is 4.54. The number of piperidine rings is 1. The Hall–Kier alpha value is -0.0700. The molecule has 1 amide bonds. The van der Waals surface area contributed by atoms with Gasteiger partial charge in [0, 0.05) is 45.2 Å². The summed E-state index contributed by atoms with van der Waals surface area (Å²) in [6.45, 7) is 3.26. The summed E-state index contributed by atoms with van der Waals surface area (Å²) in [6, 6.07) is 1.35. The van der Waals surface area contributed by atoms with Crippen LogP contribution in [0.3, 0.4) is 0 Å². The normalized spacial score (nSPS) is 26.2. The maximum Gasteiger partial charge on any atom is 0.220 e. The summed E-state index contributed by atoms with van der Waals surface area (Å²) in [5.74, 6) is 0.802. The number of methoxy groups -OCH3 is 1. The summed E-state index contributed by atoms with van der Waals surface area (Å²) in [7, 11) is 3.76. The number of carbonyl (C=O) groups is 1. The average molecular weight is 356 g/mol. The summed E-state index contributed by atoms with van der Waals surface area (Å²) < 4.78 is 5.03. The molecule has 0 aromatic heterocycles. The lowest BCUT2D eigenvalue weighted by Crippen LogP contribution is -2.40. The van der Waals surface area contributed by atoms with E-state index in [0.717, 1.165) is 26.2 Å². The molecule has 2 heterocycles. The Kier molecular flexibility index (Phi) is 11.4. The molecule has 5 nitrogen and oxygen atoms in total. The highest BCUT2D eigenvalue weighted by Crippen LogP contribution is 2.32. The minimum absolute atomic E-state index is 0. The van der Waals surface area contributed by atoms with Crippen LogP contribution in [0.1, 0.15) is 32.1 Å². The van der Waals surface area contributed by atoms with E-state index >= 15 is 0 Å². The summed E-state index contributed by atoms with van der Waals surface area (Å²) in [5.41, 5.74) is 0. The highest BCUT2D eigenvalue weighted by atomic mass is 35.5. The van der Waals surface area contributed by atoms with Gasteiger partial charge in [-0.15, -0.1) is 24.8 Å². The molecule has 2 N–H and O–H groups in total. The minimum atomic E-state index is 0. The van der Waals surface area contributed by atoms with E-state index in [1.807, 2.05) is 0 Å². The average Bonchev–Trinajstić information content (AvgIpc) is 2.75. The van der Waals surface area contributed by atoms with Gasteiger partial charge >= 0.3 is 0 Å². The molecule has 7 heteroatoms. The zero-order valence-electron chi connectivity index (χ0n) is 13.7. The van der Waals surface area contributed by atoms with Crippen molar-refractivity contribution in [2.45, 2.75) is 44.2 Å². The second-order valence-electron chi connectivity index (χ2n) is 6.33. The van der Waals surface area contributed by atoms with Crippen molar-refractivity contribution in [2.75, 3.05) is 40.4 Å². The Balaban J connectivity index is 0.00000220. The molecular formula is C15H31Cl2N3O2. The van der Waals surface area contributed by atoms with Gasteiger partial charge in [-0.3, -0.25) is 4.79 Å². The number of halogens is 2. The highest BCUT2D eigenvalue weighted by Gasteiger charge is 2.33. The Morgan fingerprint density at radius 1 is 1.23 bits per heavy atom. The first-order chi connectivity index (χ1) is 9.67. The fourth-order valence-electron chi connectivity index (χ4n) is 3.42. The van der Waals surface area contributed by atoms with E-state index in [-0.39, 0.29) is 30.7 Å². The van der Waals surface area contributed by atoms with Crippen LogP contribution in [0.15, 0.2) is 0 Å². The number of amides is 1. The van der Waals surface area contributed by atoms with Gasteiger partial charge in [0.15, 0.2) is 0 Å². The van der Waals surface area contributed by atoms with E-state index in [4.69, 9.17) is 4.74 Å². The molecule has 132 valence electrons. The molecule has 22 heavy (non-hydrogen) atoms. The van der Waals surface area contributed by atoms with Gasteiger partial charge in [0.1, 0.15) is 0 Å². The Labute approximate surface area is 146 Å². The monoisotopic (exact) mass is 355 g/mol. The number of hydrogen-bond acceptors (Lipinski definition) is 4. The first-order valence-corrected chi connectivity index (χ1v) is 7.87. The van der Waals surface area contributed by atoms with Crippen LogP contribution in [0.25, 0.3) is 0 Å². The predicted molar refractivity (Wildman–Crippen MR) is 94.2 cm³/mol. The molecule has 2 atom stereocenters. The molecule has 2 saturated heterocycles. The van der Waals surface area contributed by atoms with E-state index < -0.39 is 0 Å². The lowest BCUT2D eigenvalue weighted by molar-refractivity contribution is -0.122. The zero-order valence-corrected chi connectivity index (χ0v) is 15.3. The fraction of sp³-hybridized carbons (Fsp3) is 0.933. The molecule has 0 aliphatic carbocycles. The van der Waals surface area contributed by atoms with Gasteiger partial charge in [-0.2, -0.15) is 0 Å². The smallest absolute Gasteiger partial charge is 0.220 e. The maximum atomic E-state index is 12.0. The van der Waals surface area contributed by atoms with Crippen molar-refractivity contribution in [3.8, 4) is 0 Å². The molecule has 0 radical (unpaired) electrons. The predicted octanol–water partition coefficient (Wildman–Crippen LogP) is 1.45. The van der Waals surface area contributed by atoms with Gasteiger partial charge < -0.3 is 20.3 Å². The molecule has 2 aliphatic heterocycles. The van der Waals surface area contributed by atoms with Crippen molar-refractivity contribution in [3.05, 3.63) is 0 Å². The van der Waals surface area contributed by atoms with Gasteiger partial charge in [-0.05, 0) is 38.6 Å². The molecule has 2 bridgehead atoms. The minimum Gasteiger partial charge on any atom is -0.383 e. The van der Waals surface area contributed by atoms with Crippen LogP contribution < -0.4 is 10.6 Å². The molecule has 0 aromatic carbocycles. The number of carbonyl (C=O) groups excluding carboxylic acids is 1. The molecular weight excluding hydrogens is 325 g/mol. The van der Waals surface area contributed by atoms with Gasteiger partial charge in [0.2, 0.25) is 5.91 Å². The summed E-state index contributed by atoms with van der Waals surface area (Å²) in [5, 5.41) is 6.67. The third-order valence-electron chi connectivity index (χ3n) is 4.54. The third kappa shape index (κ3) is 7.47. The van der Waals surface area contributed by atoms with E-state index in [0.29, 0.717) is 24.4 Å². The summed E-state index contributed by atoms with van der Waals surface area (Å²) >= 11 is 0. The topological polar surface area (TPSA) is 53.6 Å². The van der Waals surface area contributed by atoms with Crippen molar-refractivity contribution in [1.29, 1.82) is 0 Å². The number of ether oxygens (including phenoxy) is 1. The molecule has 0 aromatic rings. The van der Waals surface area contributed by atoms with E-state index in [1.165, 1.54) is 25.7 Å². The molecule has 2 aliphatic rings. The van der Waals surface area contributed by atoms with Gasteiger partial charge in [-0.1, -0.05) is 0 Å². The Morgan fingerprint density at radius 3 is 2.45 bits per heavy atom. The maximum absolute atomic E-state index is 12.0. The number of rotatable bonds is 8. The lowest BCUT2D eigenvalue weighted by Gasteiger charge is -2.28. The van der Waals surface area contributed by atoms with Crippen molar-refractivity contribution in [1.82, 2.24) is 15.5 Å². The van der Waals surface area contributed by atoms with Crippen molar-refractivity contribution < 1.29 is 9.53 Å². The first-order valence-electron chi connectivity index (χ1n) is 7.87. The molecule has 2 rings (SSSR count).